The second kappa shape index (κ2) is 4.34. The van der Waals surface area contributed by atoms with E-state index in [1.807, 2.05) is 30.3 Å². The van der Waals surface area contributed by atoms with Gasteiger partial charge in [0, 0.05) is 11.2 Å². The second-order valence-corrected chi connectivity index (χ2v) is 3.67. The van der Waals surface area contributed by atoms with Gasteiger partial charge in [-0.1, -0.05) is 18.2 Å². The van der Waals surface area contributed by atoms with E-state index in [1.165, 1.54) is 0 Å². The van der Waals surface area contributed by atoms with E-state index in [0.29, 0.717) is 5.48 Å². The molecule has 0 radical (unpaired) electrons. The first kappa shape index (κ1) is 10.7. The average molecular weight is 220 g/mol. The Morgan fingerprint density at radius 2 is 2.25 bits per heavy atom. The Balaban J connectivity index is 2.24. The van der Waals surface area contributed by atoms with Crippen LogP contribution in [0.1, 0.15) is 5.69 Å². The van der Waals surface area contributed by atoms with Gasteiger partial charge >= 0.3 is 5.97 Å². The third-order valence-corrected chi connectivity index (χ3v) is 2.51. The number of nitrogens with two attached hydrogens (primary N) is 1. The highest BCUT2D eigenvalue weighted by molar-refractivity contribution is 5.80. The van der Waals surface area contributed by atoms with Crippen molar-refractivity contribution in [3.05, 3.63) is 41.2 Å². The molecule has 0 unspecified atom stereocenters. The van der Waals surface area contributed by atoms with Crippen LogP contribution in [-0.2, 0) is 11.2 Å². The highest BCUT2D eigenvalue weighted by Crippen LogP contribution is 2.15. The van der Waals surface area contributed by atoms with Crippen molar-refractivity contribution in [2.45, 2.75) is 12.5 Å². The average Bonchev–Trinajstić information content (AvgIpc) is 2.67. The molecule has 0 bridgehead atoms. The number of hydrogen-bond acceptors (Lipinski definition) is 2. The Labute approximate surface area is 91.7 Å². The Kier molecular flexibility index (Phi) is 2.89. The zero-order valence-corrected chi connectivity index (χ0v) is 8.51. The fourth-order valence-electron chi connectivity index (χ4n) is 1.67. The molecule has 5 heteroatoms. The lowest BCUT2D eigenvalue weighted by Crippen LogP contribution is -2.87. The van der Waals surface area contributed by atoms with E-state index in [1.54, 1.807) is 0 Å². The van der Waals surface area contributed by atoms with Gasteiger partial charge in [-0.3, -0.25) is 0 Å². The van der Waals surface area contributed by atoms with Gasteiger partial charge in [-0.05, 0) is 17.5 Å². The molecule has 84 valence electrons. The summed E-state index contributed by atoms with van der Waals surface area (Å²) in [4.78, 5) is 13.8. The third-order valence-electron chi connectivity index (χ3n) is 2.51. The lowest BCUT2D eigenvalue weighted by molar-refractivity contribution is -0.615. The van der Waals surface area contributed by atoms with Crippen LogP contribution in [-0.4, -0.2) is 22.1 Å². The summed E-state index contributed by atoms with van der Waals surface area (Å²) in [6, 6.07) is 8.55. The van der Waals surface area contributed by atoms with E-state index in [9.17, 15) is 10.0 Å². The molecule has 0 fully saturated rings. The van der Waals surface area contributed by atoms with Crippen LogP contribution < -0.4 is 5.48 Å². The molecule has 1 heterocycles. The van der Waals surface area contributed by atoms with Crippen molar-refractivity contribution in [1.29, 1.82) is 0 Å². The molecule has 0 aliphatic carbocycles. The zero-order valence-electron chi connectivity index (χ0n) is 8.51. The number of para-hydroxylation sites is 1. The third kappa shape index (κ3) is 2.05. The number of nitrogens with one attached hydrogen (secondary N) is 1. The molecule has 2 aromatic rings. The second-order valence-electron chi connectivity index (χ2n) is 3.67. The minimum atomic E-state index is -1.09. The molecule has 2 rings (SSSR count). The van der Waals surface area contributed by atoms with E-state index in [2.05, 4.69) is 4.98 Å². The largest absolute Gasteiger partial charge is 0.635 e. The molecule has 1 aromatic carbocycles. The summed E-state index contributed by atoms with van der Waals surface area (Å²) in [5.74, 6) is -1.09. The first-order valence-corrected chi connectivity index (χ1v) is 4.95. The molecule has 16 heavy (non-hydrogen) atoms. The summed E-state index contributed by atoms with van der Waals surface area (Å²) in [5, 5.41) is 20.4. The fourth-order valence-corrected chi connectivity index (χ4v) is 1.67. The smallest absolute Gasteiger partial charge is 0.363 e. The minimum absolute atomic E-state index is 0.202. The molecule has 0 aliphatic heterocycles. The summed E-state index contributed by atoms with van der Waals surface area (Å²) < 4.78 is 0. The van der Waals surface area contributed by atoms with Crippen molar-refractivity contribution in [2.75, 3.05) is 0 Å². The molecule has 0 saturated heterocycles. The van der Waals surface area contributed by atoms with E-state index < -0.39 is 12.0 Å². The Morgan fingerprint density at radius 3 is 2.88 bits per heavy atom. The maximum atomic E-state index is 10.7. The van der Waals surface area contributed by atoms with Crippen molar-refractivity contribution in [2.24, 2.45) is 0 Å². The SMILES string of the molecule is O=C(O)[C@H](Cc1cc2ccccc2[nH]1)[NH2+][O-]. The molecule has 0 amide bonds. The number of H-pyrrole nitrogens is 1. The van der Waals surface area contributed by atoms with Crippen LogP contribution in [0.4, 0.5) is 0 Å². The van der Waals surface area contributed by atoms with Crippen LogP contribution in [0.3, 0.4) is 0 Å². The van der Waals surface area contributed by atoms with Gasteiger partial charge in [0.2, 0.25) is 0 Å². The highest BCUT2D eigenvalue weighted by Gasteiger charge is 2.18. The molecule has 1 aromatic heterocycles. The van der Waals surface area contributed by atoms with E-state index in [4.69, 9.17) is 5.11 Å². The number of rotatable bonds is 4. The summed E-state index contributed by atoms with van der Waals surface area (Å²) in [7, 11) is 0. The number of carboxylic acids is 1. The van der Waals surface area contributed by atoms with Crippen molar-refractivity contribution >= 4 is 16.9 Å². The van der Waals surface area contributed by atoms with Gasteiger partial charge in [0.25, 0.3) is 0 Å². The predicted molar refractivity (Wildman–Crippen MR) is 58.7 cm³/mol. The lowest BCUT2D eigenvalue weighted by atomic mass is 10.1. The topological polar surface area (TPSA) is 92.8 Å². The molecule has 4 N–H and O–H groups in total. The van der Waals surface area contributed by atoms with E-state index in [-0.39, 0.29) is 6.42 Å². The van der Waals surface area contributed by atoms with Gasteiger partial charge in [-0.15, -0.1) is 0 Å². The van der Waals surface area contributed by atoms with Crippen molar-refractivity contribution in [3.63, 3.8) is 0 Å². The minimum Gasteiger partial charge on any atom is -0.635 e. The van der Waals surface area contributed by atoms with E-state index >= 15 is 0 Å². The zero-order chi connectivity index (χ0) is 11.5. The number of aromatic amines is 1. The highest BCUT2D eigenvalue weighted by atomic mass is 16.5. The van der Waals surface area contributed by atoms with Crippen LogP contribution in [0.25, 0.3) is 10.9 Å². The Bertz CT molecular complexity index is 474. The van der Waals surface area contributed by atoms with Gasteiger partial charge in [0.05, 0.1) is 6.42 Å². The van der Waals surface area contributed by atoms with Crippen LogP contribution in [0.5, 0.6) is 0 Å². The number of hydroxylamine groups is 1. The van der Waals surface area contributed by atoms with E-state index in [0.717, 1.165) is 16.6 Å². The van der Waals surface area contributed by atoms with Crippen LogP contribution in [0.2, 0.25) is 0 Å². The molecule has 0 saturated carbocycles. The molecule has 0 aliphatic rings. The summed E-state index contributed by atoms with van der Waals surface area (Å²) in [6.07, 6.45) is 0.202. The number of quaternary nitrogens is 1. The van der Waals surface area contributed by atoms with Crippen molar-refractivity contribution < 1.29 is 15.4 Å². The van der Waals surface area contributed by atoms with Crippen molar-refractivity contribution in [3.8, 4) is 0 Å². The summed E-state index contributed by atoms with van der Waals surface area (Å²) >= 11 is 0. The van der Waals surface area contributed by atoms with Crippen LogP contribution >= 0.6 is 0 Å². The number of carboxylic acid groups (broad SMARTS) is 1. The number of aliphatic carboxylic acids is 1. The number of aromatic nitrogens is 1. The van der Waals surface area contributed by atoms with Gasteiger partial charge in [-0.25, -0.2) is 4.79 Å². The predicted octanol–water partition coefficient (Wildman–Crippen LogP) is 0.225. The molecule has 1 atom stereocenters. The van der Waals surface area contributed by atoms with Gasteiger partial charge < -0.3 is 20.8 Å². The summed E-state index contributed by atoms with van der Waals surface area (Å²) in [5.41, 5.74) is 2.18. The normalized spacial score (nSPS) is 12.8. The van der Waals surface area contributed by atoms with Crippen molar-refractivity contribution in [1.82, 2.24) is 4.98 Å². The van der Waals surface area contributed by atoms with Crippen LogP contribution in [0.15, 0.2) is 30.3 Å². The first-order chi connectivity index (χ1) is 7.70. The number of fused-ring (bicyclic) bond motifs is 1. The maximum absolute atomic E-state index is 10.7. The Morgan fingerprint density at radius 1 is 1.50 bits per heavy atom. The first-order valence-electron chi connectivity index (χ1n) is 4.95. The molecule has 5 nitrogen and oxygen atoms in total. The standard InChI is InChI=1S/C11H12N2O3/c14-11(15)10(13-16)6-8-5-7-3-1-2-4-9(7)12-8/h1-5,10,12H,6,13H2,(H,14,15)/t10-/m0/s1. The quantitative estimate of drug-likeness (QED) is 0.644. The van der Waals surface area contributed by atoms with Crippen LogP contribution in [0, 0.1) is 5.21 Å². The number of benzene rings is 1. The fraction of sp³-hybridized carbons (Fsp3) is 0.182. The number of hydrogen-bond donors (Lipinski definition) is 3. The lowest BCUT2D eigenvalue weighted by Gasteiger charge is -2.11. The molecule has 0 spiro atoms. The number of carbonyl (C=O) groups is 1. The summed E-state index contributed by atoms with van der Waals surface area (Å²) in [6.45, 7) is 0. The monoisotopic (exact) mass is 220 g/mol. The van der Waals surface area contributed by atoms with Gasteiger partial charge in [0.1, 0.15) is 0 Å². The molecular formula is C11H12N2O3. The van der Waals surface area contributed by atoms with Gasteiger partial charge in [-0.2, -0.15) is 0 Å². The van der Waals surface area contributed by atoms with Gasteiger partial charge in [0.15, 0.2) is 6.04 Å². The molecular weight excluding hydrogens is 208 g/mol. The Hall–Kier alpha value is -1.85. The maximum Gasteiger partial charge on any atom is 0.363 e.